The molecule has 0 atom stereocenters. The van der Waals surface area contributed by atoms with Crippen LogP contribution in [0.15, 0.2) is 29.2 Å². The molecule has 0 heterocycles. The summed E-state index contributed by atoms with van der Waals surface area (Å²) < 4.78 is 115. The number of carbonyl (C=O) groups is 1. The summed E-state index contributed by atoms with van der Waals surface area (Å²) in [5, 5.41) is 0. The number of rotatable bonds is 5. The van der Waals surface area contributed by atoms with E-state index in [4.69, 9.17) is 0 Å². The van der Waals surface area contributed by atoms with Crippen molar-refractivity contribution in [3.8, 4) is 0 Å². The lowest BCUT2D eigenvalue weighted by Gasteiger charge is -2.32. The number of hydrogen-bond donors (Lipinski definition) is 0. The predicted octanol–water partition coefficient (Wildman–Crippen LogP) is 5.06. The van der Waals surface area contributed by atoms with Gasteiger partial charge in [0.2, 0.25) is 5.78 Å². The van der Waals surface area contributed by atoms with Crippen LogP contribution >= 0.6 is 11.8 Å². The van der Waals surface area contributed by atoms with Gasteiger partial charge < -0.3 is 0 Å². The van der Waals surface area contributed by atoms with Crippen molar-refractivity contribution in [3.63, 3.8) is 0 Å². The summed E-state index contributed by atoms with van der Waals surface area (Å²) >= 11 is 0.916. The third-order valence-electron chi connectivity index (χ3n) is 2.76. The Labute approximate surface area is 127 Å². The lowest BCUT2D eigenvalue weighted by Crippen LogP contribution is -2.63. The second-order valence-corrected chi connectivity index (χ2v) is 5.16. The molecule has 0 fully saturated rings. The molecule has 0 bridgehead atoms. The molecule has 23 heavy (non-hydrogen) atoms. The first-order valence-corrected chi connectivity index (χ1v) is 6.81. The Kier molecular flexibility index (Phi) is 5.05. The highest BCUT2D eigenvalue weighted by Gasteiger charge is 2.83. The van der Waals surface area contributed by atoms with Gasteiger partial charge in [-0.2, -0.15) is 39.5 Å². The third kappa shape index (κ3) is 3.15. The molecule has 0 aliphatic carbocycles. The lowest BCUT2D eigenvalue weighted by molar-refractivity contribution is -0.386. The Morgan fingerprint density at radius 3 is 1.87 bits per heavy atom. The molecule has 0 aliphatic heterocycles. The lowest BCUT2D eigenvalue weighted by atomic mass is 9.96. The molecule has 0 amide bonds. The number of ketones is 1. The van der Waals surface area contributed by atoms with E-state index in [0.29, 0.717) is 12.1 Å². The van der Waals surface area contributed by atoms with E-state index in [1.54, 1.807) is 0 Å². The van der Waals surface area contributed by atoms with Crippen LogP contribution in [-0.4, -0.2) is 36.0 Å². The smallest absolute Gasteiger partial charge is 0.287 e. The Balaban J connectivity index is 3.35. The molecule has 1 nitrogen and oxygen atoms in total. The molecule has 0 N–H and O–H groups in total. The molecule has 1 rings (SSSR count). The molecule has 0 radical (unpaired) electrons. The van der Waals surface area contributed by atoms with Gasteiger partial charge in [0.25, 0.3) is 0 Å². The van der Waals surface area contributed by atoms with Gasteiger partial charge in [0, 0.05) is 10.5 Å². The number of halogens is 9. The summed E-state index contributed by atoms with van der Waals surface area (Å²) in [5.74, 6) is -23.1. The van der Waals surface area contributed by atoms with Gasteiger partial charge in [-0.3, -0.25) is 4.79 Å². The second kappa shape index (κ2) is 5.91. The molecule has 1 aromatic rings. The minimum Gasteiger partial charge on any atom is -0.287 e. The van der Waals surface area contributed by atoms with Crippen molar-refractivity contribution in [1.29, 1.82) is 0 Å². The molecule has 0 aromatic heterocycles. The maximum Gasteiger partial charge on any atom is 0.460 e. The number of thioether (sulfide) groups is 1. The van der Waals surface area contributed by atoms with Gasteiger partial charge in [0.05, 0.1) is 0 Å². The summed E-state index contributed by atoms with van der Waals surface area (Å²) in [6, 6.07) is 3.58. The van der Waals surface area contributed by atoms with E-state index in [2.05, 4.69) is 0 Å². The number of benzene rings is 1. The van der Waals surface area contributed by atoms with Gasteiger partial charge in [-0.05, 0) is 18.4 Å². The highest BCUT2D eigenvalue weighted by atomic mass is 32.2. The number of carbonyl (C=O) groups excluding carboxylic acids is 1. The van der Waals surface area contributed by atoms with Gasteiger partial charge in [0.1, 0.15) is 0 Å². The zero-order chi connectivity index (χ0) is 18.3. The van der Waals surface area contributed by atoms with E-state index in [1.807, 2.05) is 0 Å². The average Bonchev–Trinajstić information content (AvgIpc) is 2.44. The van der Waals surface area contributed by atoms with Crippen LogP contribution in [0.3, 0.4) is 0 Å². The van der Waals surface area contributed by atoms with Crippen molar-refractivity contribution in [2.75, 3.05) is 6.26 Å². The van der Waals surface area contributed by atoms with Crippen LogP contribution in [0.25, 0.3) is 0 Å². The fraction of sp³-hybridized carbons (Fsp3) is 0.417. The normalized spacial score (nSPS) is 14.0. The van der Waals surface area contributed by atoms with Gasteiger partial charge in [-0.1, -0.05) is 12.1 Å². The minimum atomic E-state index is -7.09. The largest absolute Gasteiger partial charge is 0.460 e. The maximum atomic E-state index is 13.5. The minimum absolute atomic E-state index is 0.151. The van der Waals surface area contributed by atoms with E-state index >= 15 is 0 Å². The Bertz CT molecular complexity index is 594. The van der Waals surface area contributed by atoms with Gasteiger partial charge in [-0.15, -0.1) is 11.8 Å². The molecule has 0 saturated heterocycles. The molecular formula is C12H7F9OS. The van der Waals surface area contributed by atoms with Crippen LogP contribution in [0.1, 0.15) is 10.4 Å². The topological polar surface area (TPSA) is 17.1 Å². The average molecular weight is 370 g/mol. The highest BCUT2D eigenvalue weighted by molar-refractivity contribution is 7.98. The van der Waals surface area contributed by atoms with Crippen LogP contribution in [-0.2, 0) is 0 Å². The van der Waals surface area contributed by atoms with Crippen molar-refractivity contribution in [2.45, 2.75) is 28.8 Å². The number of hydrogen-bond acceptors (Lipinski definition) is 2. The van der Waals surface area contributed by atoms with Crippen molar-refractivity contribution >= 4 is 17.5 Å². The number of alkyl halides is 9. The molecule has 0 unspecified atom stereocenters. The fourth-order valence-electron chi connectivity index (χ4n) is 1.46. The van der Waals surface area contributed by atoms with Crippen LogP contribution in [0.4, 0.5) is 39.5 Å². The standard InChI is InChI=1S/C12H7F9OS/c1-23-7-4-2-3-6(5-7)8(22)9(13,14)10(15,16)11(17,18)12(19,20)21/h2-5H,1H3. The van der Waals surface area contributed by atoms with Crippen molar-refractivity contribution in [3.05, 3.63) is 29.8 Å². The van der Waals surface area contributed by atoms with Gasteiger partial charge in [-0.25, -0.2) is 0 Å². The molecule has 130 valence electrons. The van der Waals surface area contributed by atoms with Crippen LogP contribution < -0.4 is 0 Å². The zero-order valence-electron chi connectivity index (χ0n) is 11.0. The molecular weight excluding hydrogens is 363 g/mol. The predicted molar refractivity (Wildman–Crippen MR) is 63.4 cm³/mol. The van der Waals surface area contributed by atoms with E-state index in [9.17, 15) is 44.3 Å². The maximum absolute atomic E-state index is 13.5. The Morgan fingerprint density at radius 2 is 1.43 bits per heavy atom. The molecule has 1 aromatic carbocycles. The van der Waals surface area contributed by atoms with Crippen LogP contribution in [0.2, 0.25) is 0 Å². The van der Waals surface area contributed by atoms with E-state index in [-0.39, 0.29) is 4.90 Å². The molecule has 0 spiro atoms. The summed E-state index contributed by atoms with van der Waals surface area (Å²) in [5.41, 5.74) is -1.11. The summed E-state index contributed by atoms with van der Waals surface area (Å²) in [4.78, 5) is 11.6. The summed E-state index contributed by atoms with van der Waals surface area (Å²) in [6.45, 7) is 0. The van der Waals surface area contributed by atoms with Gasteiger partial charge >= 0.3 is 23.9 Å². The van der Waals surface area contributed by atoms with Crippen molar-refractivity contribution in [1.82, 2.24) is 0 Å². The number of Topliss-reactive ketones (excluding diaryl/α,β-unsaturated/α-hetero) is 1. The van der Waals surface area contributed by atoms with E-state index < -0.39 is 35.3 Å². The first kappa shape index (κ1) is 19.7. The quantitative estimate of drug-likeness (QED) is 0.410. The molecule has 0 aliphatic rings. The highest BCUT2D eigenvalue weighted by Crippen LogP contribution is 2.53. The monoisotopic (exact) mass is 370 g/mol. The summed E-state index contributed by atoms with van der Waals surface area (Å²) in [7, 11) is 0. The zero-order valence-corrected chi connectivity index (χ0v) is 11.8. The van der Waals surface area contributed by atoms with Crippen LogP contribution in [0.5, 0.6) is 0 Å². The van der Waals surface area contributed by atoms with Crippen molar-refractivity contribution in [2.24, 2.45) is 0 Å². The van der Waals surface area contributed by atoms with E-state index in [1.165, 1.54) is 12.3 Å². The Hall–Kier alpha value is -1.39. The first-order chi connectivity index (χ1) is 10.2. The van der Waals surface area contributed by atoms with Crippen LogP contribution in [0, 0.1) is 0 Å². The fourth-order valence-corrected chi connectivity index (χ4v) is 1.92. The first-order valence-electron chi connectivity index (χ1n) is 5.59. The SMILES string of the molecule is CSc1cccc(C(=O)C(F)(F)C(F)(F)C(F)(F)C(F)(F)F)c1. The Morgan fingerprint density at radius 1 is 0.913 bits per heavy atom. The van der Waals surface area contributed by atoms with Gasteiger partial charge in [0.15, 0.2) is 0 Å². The van der Waals surface area contributed by atoms with Crippen molar-refractivity contribution < 1.29 is 44.3 Å². The second-order valence-electron chi connectivity index (χ2n) is 4.28. The molecule has 0 saturated carbocycles. The third-order valence-corrected chi connectivity index (χ3v) is 3.49. The molecule has 11 heteroatoms. The van der Waals surface area contributed by atoms with E-state index in [0.717, 1.165) is 17.8 Å². The summed E-state index contributed by atoms with van der Waals surface area (Å²) in [6.07, 6.45) is -5.52.